The minimum atomic E-state index is 0.577. The van der Waals surface area contributed by atoms with Crippen molar-refractivity contribution in [2.24, 2.45) is 0 Å². The predicted octanol–water partition coefficient (Wildman–Crippen LogP) is 16.7. The second-order valence-corrected chi connectivity index (χ2v) is 18.5. The van der Waals surface area contributed by atoms with Crippen molar-refractivity contribution in [1.82, 2.24) is 29.5 Å². The molecule has 0 atom stereocenters. The monoisotopic (exact) mass is 934 g/mol. The smallest absolute Gasteiger partial charge is 0.227 e. The molecule has 4 aromatic heterocycles. The Morgan fingerprint density at radius 1 is 0.288 bits per heavy atom. The molecule has 0 radical (unpaired) electrons. The molecule has 73 heavy (non-hydrogen) atoms. The van der Waals surface area contributed by atoms with Gasteiger partial charge in [-0.15, -0.1) is 0 Å². The first-order valence-electron chi connectivity index (χ1n) is 24.3. The van der Waals surface area contributed by atoms with Gasteiger partial charge >= 0.3 is 0 Å². The van der Waals surface area contributed by atoms with Crippen molar-refractivity contribution in [3.63, 3.8) is 0 Å². The zero-order valence-electron chi connectivity index (χ0n) is 38.9. The van der Waals surface area contributed by atoms with E-state index in [0.29, 0.717) is 29.3 Å². The van der Waals surface area contributed by atoms with Crippen LogP contribution in [0.2, 0.25) is 0 Å². The molecule has 15 aromatic rings. The summed E-state index contributed by atoms with van der Waals surface area (Å²) in [5.74, 6) is 2.92. The summed E-state index contributed by atoms with van der Waals surface area (Å²) in [4.78, 5) is 25.0. The Kier molecular flexibility index (Phi) is 9.09. The van der Waals surface area contributed by atoms with Gasteiger partial charge in [-0.25, -0.2) is 24.9 Å². The second kappa shape index (κ2) is 16.3. The minimum Gasteiger partial charge on any atom is -0.436 e. The van der Waals surface area contributed by atoms with Crippen LogP contribution in [-0.2, 0) is 0 Å². The molecular formula is C65H38N6O2. The lowest BCUT2D eigenvalue weighted by molar-refractivity contribution is 0.619. The molecule has 0 aliphatic rings. The number of hydrogen-bond acceptors (Lipinski definition) is 7. The summed E-state index contributed by atoms with van der Waals surface area (Å²) < 4.78 is 14.6. The maximum absolute atomic E-state index is 6.12. The fourth-order valence-electron chi connectivity index (χ4n) is 10.4. The maximum atomic E-state index is 6.12. The largest absolute Gasteiger partial charge is 0.436 e. The zero-order valence-corrected chi connectivity index (χ0v) is 38.9. The lowest BCUT2D eigenvalue weighted by atomic mass is 9.97. The molecule has 11 aromatic carbocycles. The van der Waals surface area contributed by atoms with Gasteiger partial charge in [0, 0.05) is 44.3 Å². The predicted molar refractivity (Wildman–Crippen MR) is 294 cm³/mol. The third kappa shape index (κ3) is 6.95. The van der Waals surface area contributed by atoms with E-state index >= 15 is 0 Å². The molecular weight excluding hydrogens is 897 g/mol. The molecule has 4 heterocycles. The van der Waals surface area contributed by atoms with Gasteiger partial charge in [0.1, 0.15) is 11.0 Å². The summed E-state index contributed by atoms with van der Waals surface area (Å²) in [6, 6.07) is 80.0. The molecule has 0 bridgehead atoms. The van der Waals surface area contributed by atoms with Gasteiger partial charge in [0.15, 0.2) is 28.6 Å². The van der Waals surface area contributed by atoms with Crippen LogP contribution < -0.4 is 0 Å². The van der Waals surface area contributed by atoms with Crippen molar-refractivity contribution in [2.75, 3.05) is 0 Å². The van der Waals surface area contributed by atoms with E-state index in [1.807, 2.05) is 48.5 Å². The van der Waals surface area contributed by atoms with Crippen LogP contribution in [0.4, 0.5) is 0 Å². The lowest BCUT2D eigenvalue weighted by Gasteiger charge is -2.11. The van der Waals surface area contributed by atoms with Crippen LogP contribution in [0.5, 0.6) is 0 Å². The Morgan fingerprint density at radius 2 is 0.740 bits per heavy atom. The minimum absolute atomic E-state index is 0.577. The molecule has 0 N–H and O–H groups in total. The van der Waals surface area contributed by atoms with Crippen LogP contribution in [0.15, 0.2) is 239 Å². The first-order chi connectivity index (χ1) is 36.1. The van der Waals surface area contributed by atoms with Gasteiger partial charge in [-0.1, -0.05) is 140 Å². The Morgan fingerprint density at radius 3 is 1.34 bits per heavy atom. The Bertz CT molecular complexity index is 4440. The summed E-state index contributed by atoms with van der Waals surface area (Å²) in [6.07, 6.45) is 0. The third-order valence-electron chi connectivity index (χ3n) is 14.1. The number of nitrogens with zero attached hydrogens (tertiary/aromatic N) is 6. The van der Waals surface area contributed by atoms with E-state index in [-0.39, 0.29) is 0 Å². The van der Waals surface area contributed by atoms with Gasteiger partial charge in [-0.3, -0.25) is 0 Å². The first kappa shape index (κ1) is 40.8. The third-order valence-corrected chi connectivity index (χ3v) is 14.1. The van der Waals surface area contributed by atoms with Gasteiger partial charge < -0.3 is 13.4 Å². The van der Waals surface area contributed by atoms with E-state index in [9.17, 15) is 0 Å². The first-order valence-corrected chi connectivity index (χ1v) is 24.3. The summed E-state index contributed by atoms with van der Waals surface area (Å²) in [5.41, 5.74) is 13.4. The van der Waals surface area contributed by atoms with Crippen molar-refractivity contribution >= 4 is 76.3 Å². The number of benzene rings is 11. The van der Waals surface area contributed by atoms with E-state index in [0.717, 1.165) is 88.4 Å². The van der Waals surface area contributed by atoms with Crippen molar-refractivity contribution in [3.05, 3.63) is 231 Å². The molecule has 340 valence electrons. The van der Waals surface area contributed by atoms with Crippen LogP contribution in [0.25, 0.3) is 150 Å². The average Bonchev–Trinajstić information content (AvgIpc) is 4.19. The highest BCUT2D eigenvalue weighted by Gasteiger charge is 2.18. The molecule has 0 saturated carbocycles. The standard InChI is InChI=1S/C65H38N6O2/c1-2-10-51(11-3-1)71-56-15-7-4-12-52(56)60-53-38-46(23-20-40(53)32-33-57(60)71)39-18-21-41(22-19-39)61-68-62(47-28-24-44-36-49(30-26-42(44)34-47)64-66-54-13-5-8-16-58(54)72-64)70-63(69-61)48-29-25-45-37-50(31-27-43(45)35-48)65-67-55-14-6-9-17-59(55)73-65/h1-38H. The molecule has 0 aliphatic carbocycles. The van der Waals surface area contributed by atoms with Gasteiger partial charge in [-0.2, -0.15) is 0 Å². The van der Waals surface area contributed by atoms with E-state index in [2.05, 4.69) is 187 Å². The molecule has 8 nitrogen and oxygen atoms in total. The summed E-state index contributed by atoms with van der Waals surface area (Å²) in [7, 11) is 0. The molecule has 8 heteroatoms. The highest BCUT2D eigenvalue weighted by Crippen LogP contribution is 2.39. The number of hydrogen-bond donors (Lipinski definition) is 0. The maximum Gasteiger partial charge on any atom is 0.227 e. The van der Waals surface area contributed by atoms with Crippen molar-refractivity contribution in [3.8, 4) is 73.9 Å². The summed E-state index contributed by atoms with van der Waals surface area (Å²) in [6.45, 7) is 0. The van der Waals surface area contributed by atoms with Crippen LogP contribution in [0.1, 0.15) is 0 Å². The Labute approximate surface area is 417 Å². The normalized spacial score (nSPS) is 11.8. The summed E-state index contributed by atoms with van der Waals surface area (Å²) in [5, 5.41) is 9.08. The van der Waals surface area contributed by atoms with Gasteiger partial charge in [0.25, 0.3) is 0 Å². The molecule has 0 spiro atoms. The molecule has 0 aliphatic heterocycles. The van der Waals surface area contributed by atoms with Gasteiger partial charge in [0.05, 0.1) is 11.0 Å². The van der Waals surface area contributed by atoms with Crippen LogP contribution >= 0.6 is 0 Å². The molecule has 0 fully saturated rings. The van der Waals surface area contributed by atoms with E-state index < -0.39 is 0 Å². The molecule has 0 amide bonds. The van der Waals surface area contributed by atoms with Crippen molar-refractivity contribution < 1.29 is 8.83 Å². The molecule has 0 unspecified atom stereocenters. The van der Waals surface area contributed by atoms with Crippen LogP contribution in [-0.4, -0.2) is 29.5 Å². The zero-order chi connectivity index (χ0) is 48.0. The van der Waals surface area contributed by atoms with Crippen LogP contribution in [0, 0.1) is 0 Å². The van der Waals surface area contributed by atoms with Gasteiger partial charge in [0.2, 0.25) is 11.8 Å². The topological polar surface area (TPSA) is 95.7 Å². The average molecular weight is 935 g/mol. The SMILES string of the molecule is c1ccc(-n2c3ccccc3c3c4cc(-c5ccc(-c6nc(-c7ccc8cc(-c9nc%10ccccc%10o9)ccc8c7)nc(-c7ccc8cc(-c9nc%10ccccc%10o9)ccc8c7)n6)cc5)ccc4ccc32)cc1. The van der Waals surface area contributed by atoms with E-state index in [1.165, 1.54) is 32.6 Å². The van der Waals surface area contributed by atoms with Crippen LogP contribution in [0.3, 0.4) is 0 Å². The van der Waals surface area contributed by atoms with Crippen molar-refractivity contribution in [1.29, 1.82) is 0 Å². The van der Waals surface area contributed by atoms with Crippen molar-refractivity contribution in [2.45, 2.75) is 0 Å². The number of rotatable bonds is 7. The second-order valence-electron chi connectivity index (χ2n) is 18.5. The summed E-state index contributed by atoms with van der Waals surface area (Å²) >= 11 is 0. The highest BCUT2D eigenvalue weighted by atomic mass is 16.4. The fraction of sp³-hybridized carbons (Fsp3) is 0. The number of fused-ring (bicyclic) bond motifs is 9. The van der Waals surface area contributed by atoms with E-state index in [1.54, 1.807) is 0 Å². The Balaban J connectivity index is 0.820. The van der Waals surface area contributed by atoms with E-state index in [4.69, 9.17) is 33.8 Å². The molecule has 15 rings (SSSR count). The number of aromatic nitrogens is 6. The van der Waals surface area contributed by atoms with Gasteiger partial charge in [-0.05, 0) is 134 Å². The lowest BCUT2D eigenvalue weighted by Crippen LogP contribution is -2.00. The quantitative estimate of drug-likeness (QED) is 0.157. The molecule has 0 saturated heterocycles. The fourth-order valence-corrected chi connectivity index (χ4v) is 10.4. The Hall–Kier alpha value is -10.1. The number of para-hydroxylation sites is 6. The number of oxazole rings is 2. The highest BCUT2D eigenvalue weighted by molar-refractivity contribution is 6.22.